The molecule has 2 atom stereocenters. The minimum atomic E-state index is -0.677. The van der Waals surface area contributed by atoms with Gasteiger partial charge in [0.2, 0.25) is 5.95 Å². The molecule has 134 valence electrons. The normalized spacial score (nSPS) is 27.9. The first-order valence-electron chi connectivity index (χ1n) is 8.25. The maximum atomic E-state index is 11.8. The number of piperidine rings is 1. The van der Waals surface area contributed by atoms with Crippen LogP contribution in [0.15, 0.2) is 23.6 Å². The summed E-state index contributed by atoms with van der Waals surface area (Å²) in [6.45, 7) is 2.07. The second kappa shape index (κ2) is 6.54. The Labute approximate surface area is 144 Å². The van der Waals surface area contributed by atoms with E-state index >= 15 is 0 Å². The zero-order valence-electron chi connectivity index (χ0n) is 13.6. The number of fused-ring (bicyclic) bond motifs is 1. The summed E-state index contributed by atoms with van der Waals surface area (Å²) in [7, 11) is 0. The van der Waals surface area contributed by atoms with Crippen LogP contribution in [0.3, 0.4) is 0 Å². The molecular formula is C15H20N6O4. The van der Waals surface area contributed by atoms with Gasteiger partial charge >= 0.3 is 0 Å². The highest BCUT2D eigenvalue weighted by Gasteiger charge is 2.47. The lowest BCUT2D eigenvalue weighted by Gasteiger charge is -2.40. The molecule has 3 aliphatic rings. The van der Waals surface area contributed by atoms with Gasteiger partial charge in [-0.25, -0.2) is 15.8 Å². The molecule has 10 nitrogen and oxygen atoms in total. The van der Waals surface area contributed by atoms with Crippen LogP contribution in [-0.4, -0.2) is 59.8 Å². The Kier molecular flexibility index (Phi) is 4.24. The monoisotopic (exact) mass is 348 g/mol. The number of anilines is 1. The van der Waals surface area contributed by atoms with Crippen molar-refractivity contribution in [3.05, 3.63) is 18.5 Å². The lowest BCUT2D eigenvalue weighted by molar-refractivity contribution is -0.240. The third-order valence-electron chi connectivity index (χ3n) is 4.85. The van der Waals surface area contributed by atoms with Gasteiger partial charge in [-0.3, -0.25) is 10.2 Å². The van der Waals surface area contributed by atoms with E-state index in [2.05, 4.69) is 25.4 Å². The van der Waals surface area contributed by atoms with Gasteiger partial charge in [0.25, 0.3) is 5.91 Å². The van der Waals surface area contributed by atoms with E-state index in [1.165, 1.54) is 0 Å². The van der Waals surface area contributed by atoms with Crippen molar-refractivity contribution < 1.29 is 19.1 Å². The van der Waals surface area contributed by atoms with Crippen molar-refractivity contribution in [2.45, 2.75) is 24.7 Å². The summed E-state index contributed by atoms with van der Waals surface area (Å²) in [6, 6.07) is 1.79. The van der Waals surface area contributed by atoms with Crippen LogP contribution >= 0.6 is 0 Å². The number of nitrogens with zero attached hydrogens (tertiary/aromatic N) is 4. The summed E-state index contributed by atoms with van der Waals surface area (Å²) >= 11 is 0. The van der Waals surface area contributed by atoms with Gasteiger partial charge in [-0.1, -0.05) is 5.16 Å². The van der Waals surface area contributed by atoms with Crippen molar-refractivity contribution in [1.82, 2.24) is 15.4 Å². The first-order valence-corrected chi connectivity index (χ1v) is 8.25. The fourth-order valence-corrected chi connectivity index (χ4v) is 3.37. The summed E-state index contributed by atoms with van der Waals surface area (Å²) in [5.74, 6) is 4.49. The highest BCUT2D eigenvalue weighted by atomic mass is 16.7. The van der Waals surface area contributed by atoms with Gasteiger partial charge in [0, 0.05) is 38.3 Å². The van der Waals surface area contributed by atoms with Crippen LogP contribution in [0.25, 0.3) is 0 Å². The van der Waals surface area contributed by atoms with Crippen molar-refractivity contribution >= 4 is 17.6 Å². The molecule has 0 aliphatic carbocycles. The molecule has 25 heavy (non-hydrogen) atoms. The number of ether oxygens (including phenoxy) is 2. The number of hydrogen-bond donors (Lipinski definition) is 2. The van der Waals surface area contributed by atoms with Crippen LogP contribution in [0.4, 0.5) is 5.95 Å². The van der Waals surface area contributed by atoms with E-state index in [1.54, 1.807) is 18.5 Å². The van der Waals surface area contributed by atoms with E-state index in [4.69, 9.17) is 20.2 Å². The molecule has 1 spiro atoms. The number of nitrogens with one attached hydrogen (secondary N) is 1. The second-order valence-corrected chi connectivity index (χ2v) is 6.27. The summed E-state index contributed by atoms with van der Waals surface area (Å²) in [5.41, 5.74) is 2.34. The second-order valence-electron chi connectivity index (χ2n) is 6.27. The maximum absolute atomic E-state index is 11.8. The molecule has 3 aliphatic heterocycles. The topological polar surface area (TPSA) is 124 Å². The molecule has 4 rings (SSSR count). The van der Waals surface area contributed by atoms with Crippen LogP contribution < -0.4 is 16.2 Å². The molecule has 0 unspecified atom stereocenters. The van der Waals surface area contributed by atoms with Crippen LogP contribution in [-0.2, 0) is 19.1 Å². The van der Waals surface area contributed by atoms with E-state index < -0.39 is 11.7 Å². The van der Waals surface area contributed by atoms with Gasteiger partial charge in [0.1, 0.15) is 0 Å². The molecule has 1 amide bonds. The molecule has 0 saturated carbocycles. The van der Waals surface area contributed by atoms with Gasteiger partial charge in [0.15, 0.2) is 17.6 Å². The minimum Gasteiger partial charge on any atom is -0.389 e. The van der Waals surface area contributed by atoms with Crippen molar-refractivity contribution in [3.8, 4) is 0 Å². The number of amides is 1. The zero-order chi connectivity index (χ0) is 17.3. The molecule has 2 saturated heterocycles. The molecule has 1 aromatic heterocycles. The number of carbonyl (C=O) groups excluding carboxylic acids is 1. The lowest BCUT2D eigenvalue weighted by atomic mass is 9.98. The van der Waals surface area contributed by atoms with E-state index in [1.807, 2.05) is 0 Å². The SMILES string of the molecule is NNC(=O)C1=NO[C@H]2COC3(CCN(c4ncccn4)CC3)OC[C@@H]12. The van der Waals surface area contributed by atoms with E-state index in [9.17, 15) is 4.79 Å². The first-order chi connectivity index (χ1) is 12.2. The number of oxime groups is 1. The molecule has 10 heteroatoms. The predicted molar refractivity (Wildman–Crippen MR) is 86.2 cm³/mol. The summed E-state index contributed by atoms with van der Waals surface area (Å²) < 4.78 is 12.1. The Morgan fingerprint density at radius 2 is 1.96 bits per heavy atom. The van der Waals surface area contributed by atoms with E-state index in [-0.39, 0.29) is 17.7 Å². The van der Waals surface area contributed by atoms with Gasteiger partial charge < -0.3 is 19.2 Å². The fraction of sp³-hybridized carbons (Fsp3) is 0.600. The lowest BCUT2D eigenvalue weighted by Crippen LogP contribution is -2.48. The van der Waals surface area contributed by atoms with Crippen LogP contribution in [0.5, 0.6) is 0 Å². The molecule has 0 bridgehead atoms. The average Bonchev–Trinajstić information content (AvgIpc) is 3.00. The van der Waals surface area contributed by atoms with E-state index in [0.29, 0.717) is 32.0 Å². The molecule has 1 aromatic rings. The van der Waals surface area contributed by atoms with Gasteiger partial charge in [-0.2, -0.15) is 0 Å². The standard InChI is InChI=1S/C15H20N6O4/c16-19-13(22)12-10-8-23-15(24-9-11(10)25-20-12)2-6-21(7-3-15)14-17-4-1-5-18-14/h1,4-5,10-11H,2-3,6-9,16H2,(H,19,22)/t10-,11+/m1/s1. The molecule has 3 N–H and O–H groups in total. The van der Waals surface area contributed by atoms with Crippen molar-refractivity contribution in [1.29, 1.82) is 0 Å². The summed E-state index contributed by atoms with van der Waals surface area (Å²) in [6.07, 6.45) is 4.49. The number of carbonyl (C=O) groups is 1. The third-order valence-corrected chi connectivity index (χ3v) is 4.85. The highest BCUT2D eigenvalue weighted by molar-refractivity contribution is 6.39. The summed E-state index contributed by atoms with van der Waals surface area (Å²) in [4.78, 5) is 27.8. The largest absolute Gasteiger partial charge is 0.389 e. The zero-order valence-corrected chi connectivity index (χ0v) is 13.6. The number of aromatic nitrogens is 2. The minimum absolute atomic E-state index is 0.253. The quantitative estimate of drug-likeness (QED) is 0.404. The van der Waals surface area contributed by atoms with Gasteiger partial charge in [-0.05, 0) is 6.07 Å². The van der Waals surface area contributed by atoms with E-state index in [0.717, 1.165) is 13.1 Å². The smallest absolute Gasteiger partial charge is 0.283 e. The Morgan fingerprint density at radius 3 is 2.68 bits per heavy atom. The first kappa shape index (κ1) is 16.2. The molecular weight excluding hydrogens is 328 g/mol. The molecule has 0 aromatic carbocycles. The maximum Gasteiger partial charge on any atom is 0.283 e. The predicted octanol–water partition coefficient (Wildman–Crippen LogP) is -0.819. The number of rotatable bonds is 2. The van der Waals surface area contributed by atoms with Gasteiger partial charge in [-0.15, -0.1) is 0 Å². The average molecular weight is 348 g/mol. The Balaban J connectivity index is 1.41. The van der Waals surface area contributed by atoms with Crippen LogP contribution in [0.1, 0.15) is 12.8 Å². The molecule has 4 heterocycles. The number of hydrogen-bond acceptors (Lipinski definition) is 9. The molecule has 2 fully saturated rings. The van der Waals surface area contributed by atoms with Crippen molar-refractivity contribution in [2.75, 3.05) is 31.2 Å². The Morgan fingerprint density at radius 1 is 1.24 bits per heavy atom. The summed E-state index contributed by atoms with van der Waals surface area (Å²) in [5, 5.41) is 3.82. The fourth-order valence-electron chi connectivity index (χ4n) is 3.37. The van der Waals surface area contributed by atoms with Crippen molar-refractivity contribution in [3.63, 3.8) is 0 Å². The number of nitrogens with two attached hydrogens (primary N) is 1. The highest BCUT2D eigenvalue weighted by Crippen LogP contribution is 2.35. The Bertz CT molecular complexity index is 661. The number of hydrazine groups is 1. The van der Waals surface area contributed by atoms with Gasteiger partial charge in [0.05, 0.1) is 19.1 Å². The van der Waals surface area contributed by atoms with Crippen LogP contribution in [0.2, 0.25) is 0 Å². The van der Waals surface area contributed by atoms with Crippen molar-refractivity contribution in [2.24, 2.45) is 16.9 Å². The molecule has 0 radical (unpaired) electrons. The Hall–Kier alpha value is -2.30. The third kappa shape index (κ3) is 3.03. The van der Waals surface area contributed by atoms with Crippen LogP contribution in [0, 0.1) is 5.92 Å².